The monoisotopic (exact) mass is 259 g/mol. The number of thiocarbonyl (C=S) groups is 1. The Morgan fingerprint density at radius 1 is 1.24 bits per heavy atom. The van der Waals surface area contributed by atoms with Gasteiger partial charge < -0.3 is 5.32 Å². The Hall–Kier alpha value is -1.76. The Kier molecular flexibility index (Phi) is 4.77. The van der Waals surface area contributed by atoms with Crippen molar-refractivity contribution in [1.29, 1.82) is 0 Å². The van der Waals surface area contributed by atoms with Gasteiger partial charge in [-0.05, 0) is 31.3 Å². The lowest BCUT2D eigenvalue weighted by Crippen LogP contribution is -2.46. The van der Waals surface area contributed by atoms with Crippen LogP contribution in [0.1, 0.15) is 17.3 Å². The first kappa shape index (κ1) is 13.3. The number of carbonyl (C=O) groups excluding carboxylic acids is 1. The van der Waals surface area contributed by atoms with Gasteiger partial charge in [-0.1, -0.05) is 0 Å². The van der Waals surface area contributed by atoms with Crippen molar-refractivity contribution < 1.29 is 13.6 Å². The van der Waals surface area contributed by atoms with Crippen LogP contribution in [0.15, 0.2) is 18.2 Å². The maximum Gasteiger partial charge on any atom is 0.269 e. The molecule has 0 heterocycles. The fourth-order valence-corrected chi connectivity index (χ4v) is 1.27. The molecule has 0 saturated heterocycles. The van der Waals surface area contributed by atoms with E-state index in [1.165, 1.54) is 0 Å². The van der Waals surface area contributed by atoms with Crippen molar-refractivity contribution in [1.82, 2.24) is 16.2 Å². The number of carbonyl (C=O) groups is 1. The number of nitrogens with one attached hydrogen (secondary N) is 3. The van der Waals surface area contributed by atoms with E-state index in [2.05, 4.69) is 16.2 Å². The Bertz CT molecular complexity index is 419. The third-order valence-electron chi connectivity index (χ3n) is 1.75. The van der Waals surface area contributed by atoms with Crippen molar-refractivity contribution in [3.63, 3.8) is 0 Å². The molecule has 0 fully saturated rings. The average molecular weight is 259 g/mol. The summed E-state index contributed by atoms with van der Waals surface area (Å²) in [7, 11) is 0. The zero-order valence-corrected chi connectivity index (χ0v) is 9.83. The molecule has 3 N–H and O–H groups in total. The summed E-state index contributed by atoms with van der Waals surface area (Å²) in [6, 6.07) is 2.54. The SMILES string of the molecule is CCNC(=S)NNC(=O)c1cc(F)cc(F)c1. The van der Waals surface area contributed by atoms with Crippen molar-refractivity contribution in [3.8, 4) is 0 Å². The highest BCUT2D eigenvalue weighted by Crippen LogP contribution is 2.07. The topological polar surface area (TPSA) is 53.2 Å². The number of amides is 1. The molecule has 0 aromatic heterocycles. The molecule has 1 amide bonds. The van der Waals surface area contributed by atoms with Crippen LogP contribution in [0, 0.1) is 11.6 Å². The van der Waals surface area contributed by atoms with E-state index < -0.39 is 17.5 Å². The van der Waals surface area contributed by atoms with Crippen LogP contribution in [0.3, 0.4) is 0 Å². The van der Waals surface area contributed by atoms with E-state index >= 15 is 0 Å². The normalized spacial score (nSPS) is 9.59. The Morgan fingerprint density at radius 2 is 1.82 bits per heavy atom. The van der Waals surface area contributed by atoms with Crippen molar-refractivity contribution >= 4 is 23.2 Å². The summed E-state index contributed by atoms with van der Waals surface area (Å²) in [4.78, 5) is 11.5. The van der Waals surface area contributed by atoms with Gasteiger partial charge in [0.1, 0.15) is 11.6 Å². The van der Waals surface area contributed by atoms with Gasteiger partial charge in [0.15, 0.2) is 5.11 Å². The third kappa shape index (κ3) is 4.31. The smallest absolute Gasteiger partial charge is 0.269 e. The van der Waals surface area contributed by atoms with Gasteiger partial charge in [-0.25, -0.2) is 8.78 Å². The molecule has 0 radical (unpaired) electrons. The quantitative estimate of drug-likeness (QED) is 0.550. The van der Waals surface area contributed by atoms with Crippen molar-refractivity contribution in [3.05, 3.63) is 35.4 Å². The number of halogens is 2. The standard InChI is InChI=1S/C10H11F2N3OS/c1-2-13-10(17)15-14-9(16)6-3-7(11)5-8(12)4-6/h3-5H,2H2,1H3,(H,14,16)(H2,13,15,17). The number of hydrogen-bond donors (Lipinski definition) is 3. The molecular weight excluding hydrogens is 248 g/mol. The van der Waals surface area contributed by atoms with E-state index in [1.54, 1.807) is 0 Å². The molecule has 0 saturated carbocycles. The number of hydrogen-bond acceptors (Lipinski definition) is 2. The van der Waals surface area contributed by atoms with E-state index in [0.717, 1.165) is 12.1 Å². The summed E-state index contributed by atoms with van der Waals surface area (Å²) in [6.07, 6.45) is 0. The van der Waals surface area contributed by atoms with Crippen LogP contribution >= 0.6 is 12.2 Å². The van der Waals surface area contributed by atoms with E-state index in [-0.39, 0.29) is 10.7 Å². The summed E-state index contributed by atoms with van der Waals surface area (Å²) < 4.78 is 25.7. The second kappa shape index (κ2) is 6.09. The number of benzene rings is 1. The van der Waals surface area contributed by atoms with Crippen LogP contribution in [-0.2, 0) is 0 Å². The van der Waals surface area contributed by atoms with Gasteiger partial charge in [0.25, 0.3) is 5.91 Å². The lowest BCUT2D eigenvalue weighted by Gasteiger charge is -2.10. The molecule has 17 heavy (non-hydrogen) atoms. The lowest BCUT2D eigenvalue weighted by atomic mass is 10.2. The fraction of sp³-hybridized carbons (Fsp3) is 0.200. The molecule has 1 rings (SSSR count). The molecule has 0 aliphatic carbocycles. The summed E-state index contributed by atoms with van der Waals surface area (Å²) in [5.74, 6) is -2.31. The highest BCUT2D eigenvalue weighted by Gasteiger charge is 2.08. The summed E-state index contributed by atoms with van der Waals surface area (Å²) >= 11 is 4.79. The first-order valence-corrected chi connectivity index (χ1v) is 5.24. The molecule has 0 spiro atoms. The Labute approximate surface area is 102 Å². The molecular formula is C10H11F2N3OS. The van der Waals surface area contributed by atoms with Crippen LogP contribution in [0.4, 0.5) is 8.78 Å². The lowest BCUT2D eigenvalue weighted by molar-refractivity contribution is 0.0942. The predicted molar refractivity (Wildman–Crippen MR) is 63.2 cm³/mol. The van der Waals surface area contributed by atoms with Gasteiger partial charge in [0, 0.05) is 18.2 Å². The molecule has 1 aromatic rings. The molecule has 0 bridgehead atoms. The Morgan fingerprint density at radius 3 is 2.35 bits per heavy atom. The predicted octanol–water partition coefficient (Wildman–Crippen LogP) is 1.09. The number of rotatable bonds is 2. The summed E-state index contributed by atoms with van der Waals surface area (Å²) in [6.45, 7) is 2.42. The first-order chi connectivity index (χ1) is 8.02. The van der Waals surface area contributed by atoms with Crippen LogP contribution in [0.2, 0.25) is 0 Å². The fourth-order valence-electron chi connectivity index (χ4n) is 1.08. The van der Waals surface area contributed by atoms with Crippen molar-refractivity contribution in [2.24, 2.45) is 0 Å². The minimum atomic E-state index is -0.815. The second-order valence-corrected chi connectivity index (χ2v) is 3.50. The molecule has 0 aliphatic heterocycles. The van der Waals surface area contributed by atoms with Gasteiger partial charge in [-0.2, -0.15) is 0 Å². The molecule has 0 atom stereocenters. The zero-order valence-electron chi connectivity index (χ0n) is 9.01. The van der Waals surface area contributed by atoms with Gasteiger partial charge in [0.2, 0.25) is 0 Å². The highest BCUT2D eigenvalue weighted by atomic mass is 32.1. The molecule has 92 valence electrons. The van der Waals surface area contributed by atoms with Gasteiger partial charge in [-0.15, -0.1) is 0 Å². The maximum atomic E-state index is 12.8. The van der Waals surface area contributed by atoms with Gasteiger partial charge >= 0.3 is 0 Å². The van der Waals surface area contributed by atoms with Crippen LogP contribution in [0.5, 0.6) is 0 Å². The Balaban J connectivity index is 2.61. The summed E-state index contributed by atoms with van der Waals surface area (Å²) in [5, 5.41) is 2.95. The van der Waals surface area contributed by atoms with Crippen LogP contribution in [0.25, 0.3) is 0 Å². The molecule has 4 nitrogen and oxygen atoms in total. The average Bonchev–Trinajstić information content (AvgIpc) is 2.25. The van der Waals surface area contributed by atoms with E-state index in [4.69, 9.17) is 12.2 Å². The van der Waals surface area contributed by atoms with Gasteiger partial charge in [-0.3, -0.25) is 15.6 Å². The molecule has 0 unspecified atom stereocenters. The minimum Gasteiger partial charge on any atom is -0.362 e. The van der Waals surface area contributed by atoms with Crippen molar-refractivity contribution in [2.45, 2.75) is 6.92 Å². The van der Waals surface area contributed by atoms with Crippen molar-refractivity contribution in [2.75, 3.05) is 6.54 Å². The maximum absolute atomic E-state index is 12.8. The zero-order chi connectivity index (χ0) is 12.8. The van der Waals surface area contributed by atoms with E-state index in [0.29, 0.717) is 12.6 Å². The van der Waals surface area contributed by atoms with Crippen LogP contribution < -0.4 is 16.2 Å². The molecule has 0 aliphatic rings. The number of hydrazine groups is 1. The highest BCUT2D eigenvalue weighted by molar-refractivity contribution is 7.80. The molecule has 1 aromatic carbocycles. The first-order valence-electron chi connectivity index (χ1n) is 4.83. The van der Waals surface area contributed by atoms with Gasteiger partial charge in [0.05, 0.1) is 0 Å². The third-order valence-corrected chi connectivity index (χ3v) is 2.00. The van der Waals surface area contributed by atoms with Crippen LogP contribution in [-0.4, -0.2) is 17.6 Å². The largest absolute Gasteiger partial charge is 0.362 e. The minimum absolute atomic E-state index is 0.130. The second-order valence-electron chi connectivity index (χ2n) is 3.10. The molecule has 7 heteroatoms. The van der Waals surface area contributed by atoms with E-state index in [1.807, 2.05) is 6.92 Å². The summed E-state index contributed by atoms with van der Waals surface area (Å²) in [5.41, 5.74) is 4.48. The van der Waals surface area contributed by atoms with E-state index in [9.17, 15) is 13.6 Å².